The van der Waals surface area contributed by atoms with E-state index in [2.05, 4.69) is 0 Å². The SMILES string of the molecule is CC(O)CCN(C)C(=O)C(C)(C)c1ccccc1F. The number of halogens is 1. The number of amides is 1. The van der Waals surface area contributed by atoms with Crippen LogP contribution in [0.15, 0.2) is 24.3 Å². The molecular formula is C15H22FNO2. The Hall–Kier alpha value is -1.42. The number of aliphatic hydroxyl groups is 1. The number of nitrogens with zero attached hydrogens (tertiary/aromatic N) is 1. The maximum atomic E-state index is 13.8. The fraction of sp³-hybridized carbons (Fsp3) is 0.533. The lowest BCUT2D eigenvalue weighted by Crippen LogP contribution is -2.42. The molecule has 0 heterocycles. The van der Waals surface area contributed by atoms with Gasteiger partial charge < -0.3 is 10.0 Å². The molecule has 0 saturated carbocycles. The van der Waals surface area contributed by atoms with Crippen molar-refractivity contribution in [1.29, 1.82) is 0 Å². The van der Waals surface area contributed by atoms with Crippen LogP contribution in [0.4, 0.5) is 4.39 Å². The zero-order chi connectivity index (χ0) is 14.6. The van der Waals surface area contributed by atoms with Crippen LogP contribution < -0.4 is 0 Å². The van der Waals surface area contributed by atoms with Gasteiger partial charge in [0.2, 0.25) is 5.91 Å². The molecule has 0 fully saturated rings. The monoisotopic (exact) mass is 267 g/mol. The Labute approximate surface area is 114 Å². The second-order valence-electron chi connectivity index (χ2n) is 5.47. The third-order valence-electron chi connectivity index (χ3n) is 3.31. The van der Waals surface area contributed by atoms with Gasteiger partial charge in [-0.1, -0.05) is 18.2 Å². The Morgan fingerprint density at radius 2 is 2.00 bits per heavy atom. The van der Waals surface area contributed by atoms with Crippen molar-refractivity contribution in [2.75, 3.05) is 13.6 Å². The minimum Gasteiger partial charge on any atom is -0.393 e. The molecule has 0 spiro atoms. The minimum atomic E-state index is -0.918. The van der Waals surface area contributed by atoms with Gasteiger partial charge in [0, 0.05) is 19.2 Å². The first-order valence-electron chi connectivity index (χ1n) is 6.45. The van der Waals surface area contributed by atoms with Gasteiger partial charge in [-0.25, -0.2) is 4.39 Å². The number of hydrogen-bond acceptors (Lipinski definition) is 2. The smallest absolute Gasteiger partial charge is 0.232 e. The number of hydrogen-bond donors (Lipinski definition) is 1. The highest BCUT2D eigenvalue weighted by Gasteiger charge is 2.34. The molecule has 0 aromatic heterocycles. The summed E-state index contributed by atoms with van der Waals surface area (Å²) in [5, 5.41) is 9.25. The zero-order valence-electron chi connectivity index (χ0n) is 12.0. The zero-order valence-corrected chi connectivity index (χ0v) is 12.0. The third kappa shape index (κ3) is 3.77. The molecule has 1 N–H and O–H groups in total. The Kier molecular flexibility index (Phi) is 5.06. The van der Waals surface area contributed by atoms with E-state index in [0.29, 0.717) is 18.5 Å². The summed E-state index contributed by atoms with van der Waals surface area (Å²) in [7, 11) is 1.67. The highest BCUT2D eigenvalue weighted by molar-refractivity contribution is 5.87. The van der Waals surface area contributed by atoms with Gasteiger partial charge in [-0.05, 0) is 33.3 Å². The summed E-state index contributed by atoms with van der Waals surface area (Å²) in [5.74, 6) is -0.525. The molecule has 0 radical (unpaired) electrons. The van der Waals surface area contributed by atoms with Crippen LogP contribution in [0.25, 0.3) is 0 Å². The lowest BCUT2D eigenvalue weighted by atomic mass is 9.83. The Morgan fingerprint density at radius 1 is 1.42 bits per heavy atom. The molecule has 1 aromatic rings. The molecule has 1 amide bonds. The van der Waals surface area contributed by atoms with Gasteiger partial charge in [0.25, 0.3) is 0 Å². The van der Waals surface area contributed by atoms with Crippen LogP contribution in [-0.4, -0.2) is 35.6 Å². The summed E-state index contributed by atoms with van der Waals surface area (Å²) < 4.78 is 13.8. The summed E-state index contributed by atoms with van der Waals surface area (Å²) in [6.07, 6.45) is 0.0575. The molecule has 0 saturated heterocycles. The summed E-state index contributed by atoms with van der Waals surface area (Å²) in [5.41, 5.74) is -0.525. The van der Waals surface area contributed by atoms with Crippen molar-refractivity contribution < 1.29 is 14.3 Å². The molecule has 106 valence electrons. The van der Waals surface area contributed by atoms with Gasteiger partial charge in [-0.15, -0.1) is 0 Å². The van der Waals surface area contributed by atoms with E-state index in [4.69, 9.17) is 0 Å². The second kappa shape index (κ2) is 6.15. The van der Waals surface area contributed by atoms with Crippen LogP contribution >= 0.6 is 0 Å². The number of carbonyl (C=O) groups excluding carboxylic acids is 1. The Morgan fingerprint density at radius 3 is 2.53 bits per heavy atom. The molecule has 0 aliphatic heterocycles. The fourth-order valence-electron chi connectivity index (χ4n) is 2.04. The molecule has 1 aromatic carbocycles. The summed E-state index contributed by atoms with van der Waals surface area (Å²) in [6.45, 7) is 5.56. The van der Waals surface area contributed by atoms with E-state index < -0.39 is 11.5 Å². The molecule has 0 aliphatic rings. The maximum absolute atomic E-state index is 13.8. The van der Waals surface area contributed by atoms with Gasteiger partial charge in [-0.2, -0.15) is 0 Å². The van der Waals surface area contributed by atoms with E-state index in [1.165, 1.54) is 6.07 Å². The van der Waals surface area contributed by atoms with Crippen LogP contribution in [0.5, 0.6) is 0 Å². The van der Waals surface area contributed by atoms with Crippen molar-refractivity contribution in [1.82, 2.24) is 4.90 Å². The molecule has 1 rings (SSSR count). The van der Waals surface area contributed by atoms with Gasteiger partial charge in [0.1, 0.15) is 5.82 Å². The van der Waals surface area contributed by atoms with Gasteiger partial charge in [-0.3, -0.25) is 4.79 Å². The van der Waals surface area contributed by atoms with Crippen LogP contribution in [-0.2, 0) is 10.2 Å². The molecule has 0 bridgehead atoms. The predicted octanol–water partition coefficient (Wildman–Crippen LogP) is 2.33. The van der Waals surface area contributed by atoms with Gasteiger partial charge in [0.15, 0.2) is 0 Å². The summed E-state index contributed by atoms with van der Waals surface area (Å²) in [6, 6.07) is 6.33. The molecule has 19 heavy (non-hydrogen) atoms. The van der Waals surface area contributed by atoms with Crippen LogP contribution in [0, 0.1) is 5.82 Å². The average Bonchev–Trinajstić information content (AvgIpc) is 2.35. The van der Waals surface area contributed by atoms with E-state index in [1.807, 2.05) is 0 Å². The highest BCUT2D eigenvalue weighted by atomic mass is 19.1. The maximum Gasteiger partial charge on any atom is 0.232 e. The van der Waals surface area contributed by atoms with Crippen molar-refractivity contribution in [2.45, 2.75) is 38.7 Å². The van der Waals surface area contributed by atoms with Crippen LogP contribution in [0.1, 0.15) is 32.8 Å². The number of likely N-dealkylation sites (N-methyl/N-ethyl adjacent to an activating group) is 1. The molecule has 3 nitrogen and oxygen atoms in total. The van der Waals surface area contributed by atoms with Crippen LogP contribution in [0.2, 0.25) is 0 Å². The predicted molar refractivity (Wildman–Crippen MR) is 73.4 cm³/mol. The molecule has 0 aliphatic carbocycles. The fourth-order valence-corrected chi connectivity index (χ4v) is 2.04. The molecule has 1 atom stereocenters. The van der Waals surface area contributed by atoms with E-state index in [9.17, 15) is 14.3 Å². The van der Waals surface area contributed by atoms with Crippen molar-refractivity contribution >= 4 is 5.91 Å². The summed E-state index contributed by atoms with van der Waals surface area (Å²) >= 11 is 0. The second-order valence-corrected chi connectivity index (χ2v) is 5.47. The Balaban J connectivity index is 2.88. The lowest BCUT2D eigenvalue weighted by Gasteiger charge is -2.30. The van der Waals surface area contributed by atoms with Crippen molar-refractivity contribution in [3.05, 3.63) is 35.6 Å². The van der Waals surface area contributed by atoms with Crippen molar-refractivity contribution in [3.63, 3.8) is 0 Å². The molecular weight excluding hydrogens is 245 g/mol. The topological polar surface area (TPSA) is 40.5 Å². The van der Waals surface area contributed by atoms with E-state index >= 15 is 0 Å². The highest BCUT2D eigenvalue weighted by Crippen LogP contribution is 2.27. The van der Waals surface area contributed by atoms with E-state index in [-0.39, 0.29) is 11.7 Å². The number of aliphatic hydroxyl groups excluding tert-OH is 1. The van der Waals surface area contributed by atoms with Crippen molar-refractivity contribution in [2.24, 2.45) is 0 Å². The first kappa shape index (κ1) is 15.6. The average molecular weight is 267 g/mol. The summed E-state index contributed by atoms with van der Waals surface area (Å²) in [4.78, 5) is 13.9. The van der Waals surface area contributed by atoms with Crippen molar-refractivity contribution in [3.8, 4) is 0 Å². The van der Waals surface area contributed by atoms with Gasteiger partial charge >= 0.3 is 0 Å². The largest absolute Gasteiger partial charge is 0.393 e. The quantitative estimate of drug-likeness (QED) is 0.889. The first-order chi connectivity index (χ1) is 8.76. The van der Waals surface area contributed by atoms with E-state index in [0.717, 1.165) is 0 Å². The lowest BCUT2D eigenvalue weighted by molar-refractivity contribution is -0.135. The third-order valence-corrected chi connectivity index (χ3v) is 3.31. The number of carbonyl (C=O) groups is 1. The molecule has 1 unspecified atom stereocenters. The number of rotatable bonds is 5. The normalized spacial score (nSPS) is 13.2. The first-order valence-corrected chi connectivity index (χ1v) is 6.45. The van der Waals surface area contributed by atoms with Gasteiger partial charge in [0.05, 0.1) is 11.5 Å². The standard InChI is InChI=1S/C15H22FNO2/c1-11(18)9-10-17(4)14(19)15(2,3)12-7-5-6-8-13(12)16/h5-8,11,18H,9-10H2,1-4H3. The van der Waals surface area contributed by atoms with Crippen LogP contribution in [0.3, 0.4) is 0 Å². The number of benzene rings is 1. The Bertz CT molecular complexity index is 444. The molecule has 4 heteroatoms. The minimum absolute atomic E-state index is 0.154. The van der Waals surface area contributed by atoms with E-state index in [1.54, 1.807) is 50.9 Å².